The number of rotatable bonds is 4. The maximum absolute atomic E-state index is 11.0. The van der Waals surface area contributed by atoms with Crippen molar-refractivity contribution in [2.45, 2.75) is 23.7 Å². The monoisotopic (exact) mass is 295 g/mol. The Morgan fingerprint density at radius 3 is 2.94 bits per heavy atom. The van der Waals surface area contributed by atoms with Gasteiger partial charge in [-0.05, 0) is 30.5 Å². The minimum Gasteiger partial charge on any atom is -0.362 e. The molecule has 17 heavy (non-hydrogen) atoms. The summed E-state index contributed by atoms with van der Waals surface area (Å²) < 4.78 is 0. The highest BCUT2D eigenvalue weighted by atomic mass is 79.9. The van der Waals surface area contributed by atoms with E-state index in [-0.39, 0.29) is 10.9 Å². The molecular weight excluding hydrogens is 282 g/mol. The van der Waals surface area contributed by atoms with Crippen molar-refractivity contribution < 1.29 is 9.59 Å². The lowest BCUT2D eigenvalue weighted by Crippen LogP contribution is -2.30. The van der Waals surface area contributed by atoms with Crippen molar-refractivity contribution in [3.63, 3.8) is 0 Å². The Balaban J connectivity index is 2.26. The van der Waals surface area contributed by atoms with Crippen LogP contribution in [-0.2, 0) is 9.59 Å². The van der Waals surface area contributed by atoms with Gasteiger partial charge in [-0.1, -0.05) is 28.1 Å². The fourth-order valence-electron chi connectivity index (χ4n) is 2.21. The van der Waals surface area contributed by atoms with Gasteiger partial charge in [-0.3, -0.25) is 0 Å². The summed E-state index contributed by atoms with van der Waals surface area (Å²) in [6.07, 6.45) is 3.82. The van der Waals surface area contributed by atoms with Gasteiger partial charge in [0.1, 0.15) is 12.6 Å². The van der Waals surface area contributed by atoms with Crippen LogP contribution in [0.1, 0.15) is 23.2 Å². The first-order valence-electron chi connectivity index (χ1n) is 5.67. The molecule has 0 bridgehead atoms. The molecule has 1 aliphatic heterocycles. The molecule has 0 amide bonds. The van der Waals surface area contributed by atoms with Gasteiger partial charge in [0, 0.05) is 12.2 Å². The molecule has 0 aromatic heterocycles. The van der Waals surface area contributed by atoms with E-state index >= 15 is 0 Å². The topological polar surface area (TPSA) is 37.4 Å². The Morgan fingerprint density at radius 2 is 2.24 bits per heavy atom. The number of carbonyl (C=O) groups excluding carboxylic acids is 2. The third kappa shape index (κ3) is 2.57. The molecule has 0 spiro atoms. The van der Waals surface area contributed by atoms with Gasteiger partial charge < -0.3 is 14.5 Å². The van der Waals surface area contributed by atoms with Crippen LogP contribution in [0.2, 0.25) is 0 Å². The lowest BCUT2D eigenvalue weighted by Gasteiger charge is -2.23. The Morgan fingerprint density at radius 1 is 1.41 bits per heavy atom. The first kappa shape index (κ1) is 12.3. The number of hydrogen-bond acceptors (Lipinski definition) is 3. The van der Waals surface area contributed by atoms with E-state index in [1.54, 1.807) is 0 Å². The number of benzene rings is 1. The summed E-state index contributed by atoms with van der Waals surface area (Å²) in [6.45, 7) is 0.904. The maximum atomic E-state index is 11.0. The molecule has 0 N–H and O–H groups in total. The smallest absolute Gasteiger partial charge is 0.142 e. The number of nitrogens with zero attached hydrogens (tertiary/aromatic N) is 1. The van der Waals surface area contributed by atoms with E-state index < -0.39 is 0 Å². The Labute approximate surface area is 109 Å². The normalized spacial score (nSPS) is 21.2. The van der Waals surface area contributed by atoms with Crippen LogP contribution in [0.15, 0.2) is 24.3 Å². The summed E-state index contributed by atoms with van der Waals surface area (Å²) in [5.74, 6) is 0. The molecule has 0 saturated carbocycles. The molecule has 90 valence electrons. The van der Waals surface area contributed by atoms with Gasteiger partial charge in [0.2, 0.25) is 0 Å². The van der Waals surface area contributed by atoms with E-state index in [2.05, 4.69) is 20.8 Å². The number of halogens is 1. The van der Waals surface area contributed by atoms with Crippen LogP contribution in [0.4, 0.5) is 5.69 Å². The second kappa shape index (κ2) is 5.45. The van der Waals surface area contributed by atoms with Crippen LogP contribution in [0.25, 0.3) is 0 Å². The van der Waals surface area contributed by atoms with Gasteiger partial charge in [0.25, 0.3) is 0 Å². The summed E-state index contributed by atoms with van der Waals surface area (Å²) >= 11 is 3.30. The van der Waals surface area contributed by atoms with Crippen molar-refractivity contribution in [2.75, 3.05) is 11.4 Å². The minimum atomic E-state index is -0.278. The number of anilines is 1. The number of hydrogen-bond donors (Lipinski definition) is 0. The van der Waals surface area contributed by atoms with E-state index in [0.29, 0.717) is 0 Å². The van der Waals surface area contributed by atoms with Gasteiger partial charge in [0.15, 0.2) is 0 Å². The molecule has 2 atom stereocenters. The van der Waals surface area contributed by atoms with E-state index in [4.69, 9.17) is 0 Å². The molecule has 2 rings (SSSR count). The zero-order valence-corrected chi connectivity index (χ0v) is 11.0. The fraction of sp³-hybridized carbons (Fsp3) is 0.385. The van der Waals surface area contributed by atoms with Crippen LogP contribution < -0.4 is 4.90 Å². The van der Waals surface area contributed by atoms with Gasteiger partial charge in [-0.15, -0.1) is 0 Å². The van der Waals surface area contributed by atoms with Crippen LogP contribution in [0, 0.1) is 0 Å². The molecule has 1 fully saturated rings. The largest absolute Gasteiger partial charge is 0.362 e. The summed E-state index contributed by atoms with van der Waals surface area (Å²) in [6, 6.07) is 7.76. The zero-order chi connectivity index (χ0) is 12.3. The van der Waals surface area contributed by atoms with Crippen LogP contribution in [0.3, 0.4) is 0 Å². The van der Waals surface area contributed by atoms with Crippen molar-refractivity contribution in [2.24, 2.45) is 0 Å². The fourth-order valence-corrected chi connectivity index (χ4v) is 2.49. The Kier molecular flexibility index (Phi) is 3.94. The molecule has 1 saturated heterocycles. The Bertz CT molecular complexity index is 422. The van der Waals surface area contributed by atoms with Gasteiger partial charge in [-0.2, -0.15) is 0 Å². The predicted molar refractivity (Wildman–Crippen MR) is 70.6 cm³/mol. The summed E-state index contributed by atoms with van der Waals surface area (Å²) in [5, 5.41) is 0. The minimum absolute atomic E-state index is 0.0183. The lowest BCUT2D eigenvalue weighted by atomic mass is 10.1. The second-order valence-electron chi connectivity index (χ2n) is 4.17. The van der Waals surface area contributed by atoms with Crippen molar-refractivity contribution in [3.8, 4) is 0 Å². The van der Waals surface area contributed by atoms with Crippen LogP contribution >= 0.6 is 15.9 Å². The molecule has 0 aliphatic carbocycles. The van der Waals surface area contributed by atoms with Crippen LogP contribution in [0.5, 0.6) is 0 Å². The number of aldehydes is 2. The van der Waals surface area contributed by atoms with E-state index in [9.17, 15) is 9.59 Å². The molecule has 4 heteroatoms. The summed E-state index contributed by atoms with van der Waals surface area (Å²) in [7, 11) is 0. The SMILES string of the molecule is O=CC(Br)c1cccc(N2CCCC2C=O)c1. The summed E-state index contributed by atoms with van der Waals surface area (Å²) in [5.41, 5.74) is 1.94. The summed E-state index contributed by atoms with van der Waals surface area (Å²) in [4.78, 5) is 23.5. The lowest BCUT2D eigenvalue weighted by molar-refractivity contribution is -0.109. The first-order chi connectivity index (χ1) is 8.26. The van der Waals surface area contributed by atoms with Crippen LogP contribution in [-0.4, -0.2) is 25.2 Å². The first-order valence-corrected chi connectivity index (χ1v) is 6.59. The third-order valence-corrected chi connectivity index (χ3v) is 3.84. The third-order valence-electron chi connectivity index (χ3n) is 3.10. The highest BCUT2D eigenvalue weighted by Crippen LogP contribution is 2.28. The average Bonchev–Trinajstić information content (AvgIpc) is 2.86. The highest BCUT2D eigenvalue weighted by molar-refractivity contribution is 9.09. The quantitative estimate of drug-likeness (QED) is 0.633. The molecule has 1 aromatic rings. The standard InChI is InChI=1S/C13H14BrNO2/c14-13(9-17)10-3-1-4-11(7-10)15-6-2-5-12(15)8-16/h1,3-4,7-9,12-13H,2,5-6H2. The number of alkyl halides is 1. The van der Waals surface area contributed by atoms with Gasteiger partial charge in [-0.25, -0.2) is 0 Å². The van der Waals surface area contributed by atoms with Crippen molar-refractivity contribution >= 4 is 34.2 Å². The van der Waals surface area contributed by atoms with Gasteiger partial charge >= 0.3 is 0 Å². The molecule has 1 aliphatic rings. The average molecular weight is 296 g/mol. The van der Waals surface area contributed by atoms with E-state index in [0.717, 1.165) is 43.2 Å². The Hall–Kier alpha value is -1.16. The number of carbonyl (C=O) groups is 2. The van der Waals surface area contributed by atoms with E-state index in [1.807, 2.05) is 24.3 Å². The molecule has 1 heterocycles. The highest BCUT2D eigenvalue weighted by Gasteiger charge is 2.24. The van der Waals surface area contributed by atoms with Gasteiger partial charge in [0.05, 0.1) is 10.9 Å². The van der Waals surface area contributed by atoms with Crippen molar-refractivity contribution in [1.29, 1.82) is 0 Å². The van der Waals surface area contributed by atoms with E-state index in [1.165, 1.54) is 0 Å². The molecule has 0 radical (unpaired) electrons. The second-order valence-corrected chi connectivity index (χ2v) is 5.16. The zero-order valence-electron chi connectivity index (χ0n) is 9.38. The van der Waals surface area contributed by atoms with Crippen molar-refractivity contribution in [3.05, 3.63) is 29.8 Å². The molecular formula is C13H14BrNO2. The predicted octanol–water partition coefficient (Wildman–Crippen LogP) is 2.49. The van der Waals surface area contributed by atoms with Crippen molar-refractivity contribution in [1.82, 2.24) is 0 Å². The molecule has 2 unspecified atom stereocenters. The molecule has 3 nitrogen and oxygen atoms in total. The maximum Gasteiger partial charge on any atom is 0.142 e. The molecule has 1 aromatic carbocycles.